The molecule has 1 unspecified atom stereocenters. The number of fused-ring (bicyclic) bond motifs is 1. The molecule has 2 aromatic rings. The van der Waals surface area contributed by atoms with Gasteiger partial charge in [0.2, 0.25) is 5.88 Å². The van der Waals surface area contributed by atoms with Crippen LogP contribution in [0.2, 0.25) is 0 Å². The molecule has 0 radical (unpaired) electrons. The summed E-state index contributed by atoms with van der Waals surface area (Å²) >= 11 is 1.92. The maximum atomic E-state index is 5.77. The Balaban J connectivity index is 1.69. The van der Waals surface area contributed by atoms with Gasteiger partial charge in [0.1, 0.15) is 0 Å². The quantitative estimate of drug-likeness (QED) is 0.910. The summed E-state index contributed by atoms with van der Waals surface area (Å²) < 4.78 is 5.77. The van der Waals surface area contributed by atoms with Crippen molar-refractivity contribution >= 4 is 11.8 Å². The summed E-state index contributed by atoms with van der Waals surface area (Å²) in [7, 11) is 0. The van der Waals surface area contributed by atoms with E-state index in [-0.39, 0.29) is 6.10 Å². The molecular formula is C17H20N2OS. The van der Waals surface area contributed by atoms with Crippen molar-refractivity contribution in [3.63, 3.8) is 0 Å². The van der Waals surface area contributed by atoms with Crippen molar-refractivity contribution in [1.82, 2.24) is 10.3 Å². The Kier molecular flexibility index (Phi) is 4.46. The Hall–Kier alpha value is -1.52. The minimum Gasteiger partial charge on any atom is -0.475 e. The van der Waals surface area contributed by atoms with Crippen molar-refractivity contribution in [3.05, 3.63) is 53.7 Å². The van der Waals surface area contributed by atoms with Crippen LogP contribution in [-0.4, -0.2) is 16.8 Å². The molecular weight excluding hydrogens is 280 g/mol. The molecule has 110 valence electrons. The third-order valence-electron chi connectivity index (χ3n) is 3.44. The van der Waals surface area contributed by atoms with Crippen LogP contribution in [0.15, 0.2) is 47.5 Å². The number of rotatable bonds is 5. The van der Waals surface area contributed by atoms with E-state index in [1.807, 2.05) is 31.7 Å². The predicted molar refractivity (Wildman–Crippen MR) is 86.7 cm³/mol. The van der Waals surface area contributed by atoms with Gasteiger partial charge >= 0.3 is 0 Å². The fourth-order valence-electron chi connectivity index (χ4n) is 2.45. The summed E-state index contributed by atoms with van der Waals surface area (Å²) in [6.07, 6.45) is 1.92. The van der Waals surface area contributed by atoms with Gasteiger partial charge in [-0.2, -0.15) is 0 Å². The Labute approximate surface area is 130 Å². The highest BCUT2D eigenvalue weighted by molar-refractivity contribution is 7.99. The fourth-order valence-corrected chi connectivity index (χ4v) is 3.65. The SMILES string of the molecule is CC(C)Oc1ncccc1CNC1CSc2ccccc21. The molecule has 1 atom stereocenters. The Morgan fingerprint density at radius 1 is 1.29 bits per heavy atom. The summed E-state index contributed by atoms with van der Waals surface area (Å²) in [6, 6.07) is 13.0. The highest BCUT2D eigenvalue weighted by Gasteiger charge is 2.22. The monoisotopic (exact) mass is 300 g/mol. The van der Waals surface area contributed by atoms with Crippen LogP contribution >= 0.6 is 11.8 Å². The maximum Gasteiger partial charge on any atom is 0.218 e. The van der Waals surface area contributed by atoms with E-state index >= 15 is 0 Å². The zero-order chi connectivity index (χ0) is 14.7. The van der Waals surface area contributed by atoms with E-state index < -0.39 is 0 Å². The van der Waals surface area contributed by atoms with Gasteiger partial charge in [-0.1, -0.05) is 24.3 Å². The molecule has 1 aromatic heterocycles. The summed E-state index contributed by atoms with van der Waals surface area (Å²) in [4.78, 5) is 5.73. The van der Waals surface area contributed by atoms with Crippen LogP contribution in [0.3, 0.4) is 0 Å². The summed E-state index contributed by atoms with van der Waals surface area (Å²) in [5.41, 5.74) is 2.51. The first-order chi connectivity index (χ1) is 10.2. The van der Waals surface area contributed by atoms with Gasteiger partial charge in [0.25, 0.3) is 0 Å². The predicted octanol–water partition coefficient (Wildman–Crippen LogP) is 3.81. The van der Waals surface area contributed by atoms with Gasteiger partial charge in [0.15, 0.2) is 0 Å². The van der Waals surface area contributed by atoms with E-state index in [0.29, 0.717) is 6.04 Å². The molecule has 0 saturated heterocycles. The van der Waals surface area contributed by atoms with Crippen LogP contribution in [0.5, 0.6) is 5.88 Å². The van der Waals surface area contributed by atoms with Crippen LogP contribution < -0.4 is 10.1 Å². The Morgan fingerprint density at radius 3 is 3.00 bits per heavy atom. The average Bonchev–Trinajstić information content (AvgIpc) is 2.89. The second kappa shape index (κ2) is 6.50. The molecule has 0 fully saturated rings. The molecule has 1 aromatic carbocycles. The molecule has 1 aliphatic heterocycles. The lowest BCUT2D eigenvalue weighted by Crippen LogP contribution is -2.21. The first kappa shape index (κ1) is 14.4. The van der Waals surface area contributed by atoms with E-state index in [0.717, 1.165) is 23.7 Å². The molecule has 0 amide bonds. The molecule has 0 aliphatic carbocycles. The maximum absolute atomic E-state index is 5.77. The average molecular weight is 300 g/mol. The third kappa shape index (κ3) is 3.39. The van der Waals surface area contributed by atoms with Crippen molar-refractivity contribution in [1.29, 1.82) is 0 Å². The number of thioether (sulfide) groups is 1. The topological polar surface area (TPSA) is 34.1 Å². The summed E-state index contributed by atoms with van der Waals surface area (Å²) in [5.74, 6) is 1.82. The third-order valence-corrected chi connectivity index (χ3v) is 4.62. The van der Waals surface area contributed by atoms with E-state index in [1.165, 1.54) is 10.5 Å². The van der Waals surface area contributed by atoms with Crippen molar-refractivity contribution in [2.75, 3.05) is 5.75 Å². The molecule has 1 aliphatic rings. The Bertz CT molecular complexity index is 615. The molecule has 3 rings (SSSR count). The molecule has 1 N–H and O–H groups in total. The summed E-state index contributed by atoms with van der Waals surface area (Å²) in [6.45, 7) is 4.82. The second-order valence-corrected chi connectivity index (χ2v) is 6.48. The largest absolute Gasteiger partial charge is 0.475 e. The van der Waals surface area contributed by atoms with Gasteiger partial charge in [-0.05, 0) is 31.5 Å². The van der Waals surface area contributed by atoms with Gasteiger partial charge in [0.05, 0.1) is 6.10 Å². The first-order valence-corrected chi connectivity index (χ1v) is 8.28. The molecule has 2 heterocycles. The standard InChI is InChI=1S/C17H20N2OS/c1-12(2)20-17-13(6-5-9-18-17)10-19-15-11-21-16-8-4-3-7-14(15)16/h3-9,12,15,19H,10-11H2,1-2H3. The normalized spacial score (nSPS) is 17.0. The van der Waals surface area contributed by atoms with Gasteiger partial charge in [-0.15, -0.1) is 11.8 Å². The highest BCUT2D eigenvalue weighted by atomic mass is 32.2. The molecule has 0 saturated carbocycles. The van der Waals surface area contributed by atoms with Gasteiger partial charge in [0, 0.05) is 35.0 Å². The van der Waals surface area contributed by atoms with E-state index in [9.17, 15) is 0 Å². The highest BCUT2D eigenvalue weighted by Crippen LogP contribution is 2.37. The minimum absolute atomic E-state index is 0.140. The zero-order valence-electron chi connectivity index (χ0n) is 12.4. The van der Waals surface area contributed by atoms with Crippen LogP contribution in [0.1, 0.15) is 31.0 Å². The van der Waals surface area contributed by atoms with E-state index in [4.69, 9.17) is 4.74 Å². The lowest BCUT2D eigenvalue weighted by Gasteiger charge is -2.16. The van der Waals surface area contributed by atoms with Crippen molar-refractivity contribution in [2.45, 2.75) is 37.4 Å². The number of hydrogen-bond donors (Lipinski definition) is 1. The van der Waals surface area contributed by atoms with Crippen molar-refractivity contribution in [3.8, 4) is 5.88 Å². The minimum atomic E-state index is 0.140. The Morgan fingerprint density at radius 2 is 2.14 bits per heavy atom. The number of nitrogens with one attached hydrogen (secondary N) is 1. The molecule has 0 bridgehead atoms. The number of benzene rings is 1. The van der Waals surface area contributed by atoms with Crippen molar-refractivity contribution < 1.29 is 4.74 Å². The zero-order valence-corrected chi connectivity index (χ0v) is 13.2. The van der Waals surface area contributed by atoms with Crippen LogP contribution in [0, 0.1) is 0 Å². The molecule has 3 nitrogen and oxygen atoms in total. The van der Waals surface area contributed by atoms with Crippen LogP contribution in [0.4, 0.5) is 0 Å². The van der Waals surface area contributed by atoms with Gasteiger partial charge in [-0.25, -0.2) is 4.98 Å². The lowest BCUT2D eigenvalue weighted by molar-refractivity contribution is 0.229. The fraction of sp³-hybridized carbons (Fsp3) is 0.353. The molecule has 21 heavy (non-hydrogen) atoms. The smallest absolute Gasteiger partial charge is 0.218 e. The van der Waals surface area contributed by atoms with Gasteiger partial charge < -0.3 is 10.1 Å². The molecule has 4 heteroatoms. The summed E-state index contributed by atoms with van der Waals surface area (Å²) in [5, 5.41) is 3.63. The number of pyridine rings is 1. The van der Waals surface area contributed by atoms with Crippen LogP contribution in [0.25, 0.3) is 0 Å². The number of aromatic nitrogens is 1. The van der Waals surface area contributed by atoms with Gasteiger partial charge in [-0.3, -0.25) is 0 Å². The van der Waals surface area contributed by atoms with E-state index in [2.05, 4.69) is 40.6 Å². The number of hydrogen-bond acceptors (Lipinski definition) is 4. The van der Waals surface area contributed by atoms with E-state index in [1.54, 1.807) is 6.20 Å². The second-order valence-electron chi connectivity index (χ2n) is 5.42. The first-order valence-electron chi connectivity index (χ1n) is 7.29. The molecule has 0 spiro atoms. The van der Waals surface area contributed by atoms with Crippen LogP contribution in [-0.2, 0) is 6.54 Å². The number of nitrogens with zero attached hydrogens (tertiary/aromatic N) is 1. The van der Waals surface area contributed by atoms with Crippen molar-refractivity contribution in [2.24, 2.45) is 0 Å². The number of ether oxygens (including phenoxy) is 1. The lowest BCUT2D eigenvalue weighted by atomic mass is 10.1.